The fourth-order valence-corrected chi connectivity index (χ4v) is 3.92. The van der Waals surface area contributed by atoms with Gasteiger partial charge in [0.2, 0.25) is 5.91 Å². The molecule has 0 saturated heterocycles. The first-order valence-corrected chi connectivity index (χ1v) is 8.60. The van der Waals surface area contributed by atoms with E-state index in [4.69, 9.17) is 0 Å². The van der Waals surface area contributed by atoms with Crippen LogP contribution in [-0.2, 0) is 16.8 Å². The molecule has 1 aliphatic rings. The van der Waals surface area contributed by atoms with Crippen LogP contribution < -0.4 is 5.32 Å². The van der Waals surface area contributed by atoms with E-state index in [1.54, 1.807) is 11.3 Å². The van der Waals surface area contributed by atoms with Crippen molar-refractivity contribution in [1.82, 2.24) is 5.32 Å². The maximum atomic E-state index is 12.3. The van der Waals surface area contributed by atoms with Crippen LogP contribution in [0.5, 0.6) is 0 Å². The lowest BCUT2D eigenvalue weighted by atomic mass is 9.79. The van der Waals surface area contributed by atoms with E-state index < -0.39 is 5.60 Å². The van der Waals surface area contributed by atoms with Crippen molar-refractivity contribution in [2.75, 3.05) is 6.54 Å². The standard InChI is InChI=1S/C18H21NO2S/c1-13(16-9-5-11-22-16)17(20)19-12-18(21)10-4-7-14-6-2-3-8-15(14)18/h2-3,5-6,8-9,11,13,21H,4,7,10,12H2,1H3,(H,19,20). The molecule has 0 spiro atoms. The number of hydrogen-bond donors (Lipinski definition) is 2. The van der Waals surface area contributed by atoms with Gasteiger partial charge in [-0.2, -0.15) is 0 Å². The van der Waals surface area contributed by atoms with Crippen molar-refractivity contribution >= 4 is 17.2 Å². The van der Waals surface area contributed by atoms with Gasteiger partial charge >= 0.3 is 0 Å². The Morgan fingerprint density at radius 3 is 2.95 bits per heavy atom. The van der Waals surface area contributed by atoms with Gasteiger partial charge in [-0.3, -0.25) is 4.79 Å². The Kier molecular flexibility index (Phi) is 4.32. The molecule has 1 aromatic carbocycles. The molecule has 1 heterocycles. The summed E-state index contributed by atoms with van der Waals surface area (Å²) in [6.45, 7) is 2.18. The van der Waals surface area contributed by atoms with Crippen LogP contribution in [0.4, 0.5) is 0 Å². The molecule has 22 heavy (non-hydrogen) atoms. The van der Waals surface area contributed by atoms with Gasteiger partial charge in [-0.15, -0.1) is 11.3 Å². The van der Waals surface area contributed by atoms with Gasteiger partial charge in [0.1, 0.15) is 5.60 Å². The number of aryl methyl sites for hydroxylation is 1. The highest BCUT2D eigenvalue weighted by molar-refractivity contribution is 7.10. The summed E-state index contributed by atoms with van der Waals surface area (Å²) in [5.74, 6) is -0.207. The van der Waals surface area contributed by atoms with Gasteiger partial charge in [0.25, 0.3) is 0 Å². The SMILES string of the molecule is CC(C(=O)NCC1(O)CCCc2ccccc21)c1cccs1. The predicted molar refractivity (Wildman–Crippen MR) is 89.0 cm³/mol. The summed E-state index contributed by atoms with van der Waals surface area (Å²) in [7, 11) is 0. The van der Waals surface area contributed by atoms with Gasteiger partial charge in [0, 0.05) is 4.88 Å². The molecule has 0 radical (unpaired) electrons. The lowest BCUT2D eigenvalue weighted by Gasteiger charge is -2.35. The van der Waals surface area contributed by atoms with E-state index in [-0.39, 0.29) is 18.4 Å². The van der Waals surface area contributed by atoms with Gasteiger partial charge < -0.3 is 10.4 Å². The minimum absolute atomic E-state index is 0.0288. The first-order chi connectivity index (χ1) is 10.6. The van der Waals surface area contributed by atoms with Crippen LogP contribution in [0, 0.1) is 0 Å². The maximum Gasteiger partial charge on any atom is 0.228 e. The summed E-state index contributed by atoms with van der Waals surface area (Å²) in [4.78, 5) is 13.4. The monoisotopic (exact) mass is 315 g/mol. The minimum atomic E-state index is -0.945. The zero-order valence-corrected chi connectivity index (χ0v) is 13.5. The van der Waals surface area contributed by atoms with Crippen LogP contribution in [0.3, 0.4) is 0 Å². The highest BCUT2D eigenvalue weighted by atomic mass is 32.1. The summed E-state index contributed by atoms with van der Waals surface area (Å²) in [6.07, 6.45) is 2.64. The molecule has 0 saturated carbocycles. The number of amides is 1. The van der Waals surface area contributed by atoms with Crippen LogP contribution in [0.2, 0.25) is 0 Å². The predicted octanol–water partition coefficient (Wildman–Crippen LogP) is 3.19. The van der Waals surface area contributed by atoms with Gasteiger partial charge in [0.05, 0.1) is 12.5 Å². The molecule has 116 valence electrons. The zero-order chi connectivity index (χ0) is 15.6. The molecule has 2 unspecified atom stereocenters. The largest absolute Gasteiger partial charge is 0.383 e. The lowest BCUT2D eigenvalue weighted by Crippen LogP contribution is -2.43. The first kappa shape index (κ1) is 15.3. The normalized spacial score (nSPS) is 21.9. The molecule has 3 rings (SSSR count). The van der Waals surface area contributed by atoms with Gasteiger partial charge in [-0.05, 0) is 48.8 Å². The van der Waals surface area contributed by atoms with Gasteiger partial charge in [0.15, 0.2) is 0 Å². The molecule has 4 heteroatoms. The zero-order valence-electron chi connectivity index (χ0n) is 12.7. The summed E-state index contributed by atoms with van der Waals surface area (Å²) >= 11 is 1.59. The molecule has 2 aromatic rings. The van der Waals surface area contributed by atoms with E-state index in [1.165, 1.54) is 5.56 Å². The van der Waals surface area contributed by atoms with E-state index in [0.717, 1.165) is 23.3 Å². The van der Waals surface area contributed by atoms with Crippen molar-refractivity contribution in [1.29, 1.82) is 0 Å². The van der Waals surface area contributed by atoms with Gasteiger partial charge in [-0.25, -0.2) is 0 Å². The average molecular weight is 315 g/mol. The third kappa shape index (κ3) is 2.94. The smallest absolute Gasteiger partial charge is 0.228 e. The molecule has 3 nitrogen and oxygen atoms in total. The van der Waals surface area contributed by atoms with E-state index in [0.29, 0.717) is 6.42 Å². The Morgan fingerprint density at radius 2 is 2.18 bits per heavy atom. The number of aliphatic hydroxyl groups is 1. The topological polar surface area (TPSA) is 49.3 Å². The molecule has 0 aliphatic heterocycles. The van der Waals surface area contributed by atoms with Crippen LogP contribution in [0.1, 0.15) is 41.7 Å². The highest BCUT2D eigenvalue weighted by Gasteiger charge is 2.34. The fraction of sp³-hybridized carbons (Fsp3) is 0.389. The Balaban J connectivity index is 1.70. The van der Waals surface area contributed by atoms with E-state index in [9.17, 15) is 9.90 Å². The summed E-state index contributed by atoms with van der Waals surface area (Å²) in [5.41, 5.74) is 1.21. The number of thiophene rings is 1. The van der Waals surface area contributed by atoms with Crippen molar-refractivity contribution in [3.8, 4) is 0 Å². The first-order valence-electron chi connectivity index (χ1n) is 7.72. The molecule has 1 aromatic heterocycles. The van der Waals surface area contributed by atoms with Gasteiger partial charge in [-0.1, -0.05) is 30.3 Å². The third-order valence-electron chi connectivity index (χ3n) is 4.47. The summed E-state index contributed by atoms with van der Waals surface area (Å²) in [6, 6.07) is 11.9. The number of nitrogens with one attached hydrogen (secondary N) is 1. The Bertz CT molecular complexity index is 653. The molecule has 2 N–H and O–H groups in total. The minimum Gasteiger partial charge on any atom is -0.383 e. The fourth-order valence-electron chi connectivity index (χ4n) is 3.14. The van der Waals surface area contributed by atoms with Crippen molar-refractivity contribution in [3.05, 3.63) is 57.8 Å². The van der Waals surface area contributed by atoms with Crippen molar-refractivity contribution in [2.24, 2.45) is 0 Å². The molecule has 1 aliphatic carbocycles. The van der Waals surface area contributed by atoms with E-state index in [2.05, 4.69) is 11.4 Å². The van der Waals surface area contributed by atoms with Crippen LogP contribution >= 0.6 is 11.3 Å². The number of benzene rings is 1. The van der Waals surface area contributed by atoms with Crippen LogP contribution in [0.25, 0.3) is 0 Å². The molecule has 2 atom stereocenters. The molecular formula is C18H21NO2S. The van der Waals surface area contributed by atoms with Crippen LogP contribution in [0.15, 0.2) is 41.8 Å². The Hall–Kier alpha value is -1.65. The second-order valence-electron chi connectivity index (χ2n) is 6.00. The third-order valence-corrected chi connectivity index (χ3v) is 5.53. The molecule has 0 fully saturated rings. The molecule has 1 amide bonds. The lowest BCUT2D eigenvalue weighted by molar-refractivity contribution is -0.123. The molecule has 0 bridgehead atoms. The quantitative estimate of drug-likeness (QED) is 0.910. The number of fused-ring (bicyclic) bond motifs is 1. The number of rotatable bonds is 4. The average Bonchev–Trinajstić information content (AvgIpc) is 3.07. The Morgan fingerprint density at radius 1 is 1.36 bits per heavy atom. The second-order valence-corrected chi connectivity index (χ2v) is 6.98. The van der Waals surface area contributed by atoms with E-state index in [1.807, 2.05) is 42.6 Å². The highest BCUT2D eigenvalue weighted by Crippen LogP contribution is 2.34. The summed E-state index contributed by atoms with van der Waals surface area (Å²) < 4.78 is 0. The second kappa shape index (κ2) is 6.23. The van der Waals surface area contributed by atoms with Crippen molar-refractivity contribution in [3.63, 3.8) is 0 Å². The number of hydrogen-bond acceptors (Lipinski definition) is 3. The Labute approximate surface area is 135 Å². The van der Waals surface area contributed by atoms with E-state index >= 15 is 0 Å². The number of carbonyl (C=O) groups excluding carboxylic acids is 1. The van der Waals surface area contributed by atoms with Crippen molar-refractivity contribution < 1.29 is 9.90 Å². The van der Waals surface area contributed by atoms with Crippen LogP contribution in [-0.4, -0.2) is 17.6 Å². The molecular weight excluding hydrogens is 294 g/mol. The van der Waals surface area contributed by atoms with Crippen molar-refractivity contribution in [2.45, 2.75) is 37.7 Å². The summed E-state index contributed by atoms with van der Waals surface area (Å²) in [5, 5.41) is 15.9. The number of carbonyl (C=O) groups is 1. The maximum absolute atomic E-state index is 12.3.